The SMILES string of the molecule is C[Si](C)(CCCc1ccccc1O)O[Si](C)(C)CCCc1ccccc1OC(=O)Nc1ccc(Cc2ccc(NC(=O)Oc3ccccc3CCC[Si](C)(C)O[Si](C)(C)CCCc3ccccc3O)cc2)cc1. The Morgan fingerprint density at radius 2 is 0.685 bits per heavy atom. The number of phenols is 2. The van der Waals surface area contributed by atoms with E-state index < -0.39 is 45.5 Å². The predicted octanol–water partition coefficient (Wildman–Crippen LogP) is 15.9. The second-order valence-electron chi connectivity index (χ2n) is 21.7. The van der Waals surface area contributed by atoms with Crippen molar-refractivity contribution in [2.45, 2.75) is 134 Å². The molecule has 0 unspecified atom stereocenters. The number of para-hydroxylation sites is 4. The van der Waals surface area contributed by atoms with Crippen LogP contribution in [0.5, 0.6) is 23.0 Å². The van der Waals surface area contributed by atoms with E-state index in [9.17, 15) is 19.8 Å². The molecular formula is C59H78N2O8Si4. The van der Waals surface area contributed by atoms with E-state index in [0.29, 0.717) is 40.8 Å². The van der Waals surface area contributed by atoms with E-state index in [4.69, 9.17) is 17.7 Å². The Labute approximate surface area is 439 Å². The first-order chi connectivity index (χ1) is 34.7. The van der Waals surface area contributed by atoms with Gasteiger partial charge in [0.15, 0.2) is 33.3 Å². The number of ether oxygens (including phenoxy) is 2. The molecule has 0 aliphatic carbocycles. The number of rotatable bonds is 26. The summed E-state index contributed by atoms with van der Waals surface area (Å²) in [6.45, 7) is 18.4. The molecule has 10 nitrogen and oxygen atoms in total. The highest BCUT2D eigenvalue weighted by molar-refractivity contribution is 6.85. The fourth-order valence-electron chi connectivity index (χ4n) is 9.72. The quantitative estimate of drug-likeness (QED) is 0.0395. The number of carbonyl (C=O) groups is 2. The van der Waals surface area contributed by atoms with Gasteiger partial charge < -0.3 is 27.9 Å². The molecule has 4 N–H and O–H groups in total. The van der Waals surface area contributed by atoms with Gasteiger partial charge in [0.2, 0.25) is 0 Å². The maximum atomic E-state index is 13.1. The lowest BCUT2D eigenvalue weighted by Crippen LogP contribution is -2.44. The van der Waals surface area contributed by atoms with Crippen molar-refractivity contribution in [1.82, 2.24) is 0 Å². The molecule has 0 aliphatic heterocycles. The molecule has 0 aromatic heterocycles. The summed E-state index contributed by atoms with van der Waals surface area (Å²) in [6.07, 6.45) is 6.74. The van der Waals surface area contributed by atoms with E-state index in [1.54, 1.807) is 12.1 Å². The van der Waals surface area contributed by atoms with Crippen molar-refractivity contribution in [1.29, 1.82) is 0 Å². The third-order valence-electron chi connectivity index (χ3n) is 13.1. The first-order valence-corrected chi connectivity index (χ1v) is 38.4. The van der Waals surface area contributed by atoms with Gasteiger partial charge in [-0.15, -0.1) is 0 Å². The smallest absolute Gasteiger partial charge is 0.417 e. The molecule has 73 heavy (non-hydrogen) atoms. The van der Waals surface area contributed by atoms with Crippen molar-refractivity contribution >= 4 is 56.8 Å². The monoisotopic (exact) mass is 1050 g/mol. The van der Waals surface area contributed by atoms with Crippen LogP contribution >= 0.6 is 0 Å². The number of phenolic OH excluding ortho intramolecular Hbond substituents is 2. The molecule has 0 spiro atoms. The Hall–Kier alpha value is -5.75. The molecule has 6 aromatic rings. The lowest BCUT2D eigenvalue weighted by atomic mass is 10.0. The Kier molecular flexibility index (Phi) is 20.5. The first-order valence-electron chi connectivity index (χ1n) is 26.0. The predicted molar refractivity (Wildman–Crippen MR) is 309 cm³/mol. The van der Waals surface area contributed by atoms with Gasteiger partial charge in [-0.3, -0.25) is 10.6 Å². The van der Waals surface area contributed by atoms with Crippen molar-refractivity contribution in [2.75, 3.05) is 10.6 Å². The third-order valence-corrected chi connectivity index (χ3v) is 28.2. The lowest BCUT2D eigenvalue weighted by molar-refractivity contribution is 0.213. The van der Waals surface area contributed by atoms with Gasteiger partial charge in [0.05, 0.1) is 0 Å². The van der Waals surface area contributed by atoms with Gasteiger partial charge in [-0.1, -0.05) is 97.1 Å². The second kappa shape index (κ2) is 26.5. The molecule has 0 atom stereocenters. The van der Waals surface area contributed by atoms with Gasteiger partial charge in [0, 0.05) is 11.4 Å². The largest absolute Gasteiger partial charge is 0.508 e. The Bertz CT molecular complexity index is 2530. The maximum Gasteiger partial charge on any atom is 0.417 e. The molecule has 6 aromatic carbocycles. The van der Waals surface area contributed by atoms with Crippen LogP contribution in [0, 0.1) is 0 Å². The summed E-state index contributed by atoms with van der Waals surface area (Å²) >= 11 is 0. The van der Waals surface area contributed by atoms with E-state index in [-0.39, 0.29) is 0 Å². The maximum absolute atomic E-state index is 13.1. The van der Waals surface area contributed by atoms with Crippen LogP contribution in [0.25, 0.3) is 0 Å². The van der Waals surface area contributed by atoms with Crippen LogP contribution in [0.3, 0.4) is 0 Å². The van der Waals surface area contributed by atoms with Gasteiger partial charge in [-0.05, 0) is 216 Å². The van der Waals surface area contributed by atoms with Crippen molar-refractivity contribution in [3.63, 3.8) is 0 Å². The van der Waals surface area contributed by atoms with E-state index in [1.165, 1.54) is 0 Å². The molecule has 6 rings (SSSR count). The van der Waals surface area contributed by atoms with Crippen LogP contribution in [0.4, 0.5) is 21.0 Å². The Morgan fingerprint density at radius 1 is 0.397 bits per heavy atom. The van der Waals surface area contributed by atoms with E-state index in [2.05, 4.69) is 63.0 Å². The summed E-state index contributed by atoms with van der Waals surface area (Å²) in [5.74, 6) is 1.85. The van der Waals surface area contributed by atoms with Gasteiger partial charge >= 0.3 is 12.2 Å². The highest BCUT2D eigenvalue weighted by atomic mass is 28.4. The lowest BCUT2D eigenvalue weighted by Gasteiger charge is -2.34. The minimum Gasteiger partial charge on any atom is -0.508 e. The normalized spacial score (nSPS) is 12.1. The van der Waals surface area contributed by atoms with Crippen molar-refractivity contribution in [3.05, 3.63) is 179 Å². The van der Waals surface area contributed by atoms with Crippen LogP contribution in [0.1, 0.15) is 59.1 Å². The van der Waals surface area contributed by atoms with Gasteiger partial charge in [-0.2, -0.15) is 0 Å². The summed E-state index contributed by atoms with van der Waals surface area (Å²) < 4.78 is 25.5. The zero-order chi connectivity index (χ0) is 52.5. The number of benzene rings is 6. The fraction of sp³-hybridized carbons (Fsp3) is 0.356. The van der Waals surface area contributed by atoms with Crippen molar-refractivity contribution < 1.29 is 37.5 Å². The number of aromatic hydroxyl groups is 2. The molecule has 2 amide bonds. The van der Waals surface area contributed by atoms with Gasteiger partial charge in [0.25, 0.3) is 0 Å². The Balaban J connectivity index is 0.897. The summed E-state index contributed by atoms with van der Waals surface area (Å²) in [5.41, 5.74) is 7.38. The summed E-state index contributed by atoms with van der Waals surface area (Å²) in [6, 6.07) is 50.1. The van der Waals surface area contributed by atoms with Crippen LogP contribution in [-0.2, 0) is 40.3 Å². The third kappa shape index (κ3) is 19.6. The summed E-state index contributed by atoms with van der Waals surface area (Å²) in [4.78, 5) is 26.2. The molecule has 14 heteroatoms. The molecule has 0 bridgehead atoms. The average molecular weight is 1060 g/mol. The fourth-order valence-corrected chi connectivity index (χ4v) is 27.4. The number of amides is 2. The van der Waals surface area contributed by atoms with Crippen molar-refractivity contribution in [2.24, 2.45) is 0 Å². The molecule has 0 saturated heterocycles. The van der Waals surface area contributed by atoms with Gasteiger partial charge in [0.1, 0.15) is 23.0 Å². The minimum absolute atomic E-state index is 0.367. The standard InChI is InChI=1S/C59H78N2O8Si4/c1-70(2,41-17-25-48-21-9-13-29-54(48)62)68-72(5,6)43-19-27-50-23-11-15-31-56(50)66-58(64)60-52-37-33-46(34-38-52)45-47-35-39-53(40-36-47)61-59(65)67-57-32-16-12-24-51(57)28-20-44-73(7,8)69-71(3,4)42-18-26-49-22-10-14-30-55(49)63/h9-16,21-24,29-40,62-63H,17-20,25-28,41-45H2,1-8H3,(H,60,64)(H,61,65). The molecule has 0 aliphatic rings. The topological polar surface area (TPSA) is 136 Å². The van der Waals surface area contributed by atoms with Crippen LogP contribution in [0.2, 0.25) is 76.6 Å². The minimum atomic E-state index is -1.94. The molecule has 0 radical (unpaired) electrons. The first kappa shape index (κ1) is 56.5. The van der Waals surface area contributed by atoms with Crippen LogP contribution in [0.15, 0.2) is 146 Å². The molecule has 0 fully saturated rings. The zero-order valence-corrected chi connectivity index (χ0v) is 48.4. The van der Waals surface area contributed by atoms with E-state index >= 15 is 0 Å². The van der Waals surface area contributed by atoms with Gasteiger partial charge in [-0.25, -0.2) is 9.59 Å². The number of nitrogens with one attached hydrogen (secondary N) is 2. The highest BCUT2D eigenvalue weighted by Gasteiger charge is 2.34. The molecule has 0 saturated carbocycles. The number of hydrogen-bond donors (Lipinski definition) is 4. The highest BCUT2D eigenvalue weighted by Crippen LogP contribution is 2.31. The molecular weight excluding hydrogens is 977 g/mol. The summed E-state index contributed by atoms with van der Waals surface area (Å²) in [7, 11) is -7.65. The van der Waals surface area contributed by atoms with Crippen molar-refractivity contribution in [3.8, 4) is 23.0 Å². The number of hydrogen-bond acceptors (Lipinski definition) is 8. The van der Waals surface area contributed by atoms with Crippen LogP contribution < -0.4 is 20.1 Å². The summed E-state index contributed by atoms with van der Waals surface area (Å²) in [5, 5.41) is 26.1. The van der Waals surface area contributed by atoms with Crippen LogP contribution in [-0.4, -0.2) is 55.7 Å². The number of anilines is 2. The average Bonchev–Trinajstić information content (AvgIpc) is 3.32. The number of carbonyl (C=O) groups excluding carboxylic acids is 2. The Morgan fingerprint density at radius 3 is 1.01 bits per heavy atom. The molecule has 388 valence electrons. The van der Waals surface area contributed by atoms with E-state index in [0.717, 1.165) is 109 Å². The number of aryl methyl sites for hydroxylation is 4. The second-order valence-corrected chi connectivity index (χ2v) is 39.4. The zero-order valence-electron chi connectivity index (χ0n) is 44.4. The molecule has 0 heterocycles. The van der Waals surface area contributed by atoms with E-state index in [1.807, 2.05) is 133 Å².